The molecular formula is C18H15BrCl3N3O3S. The summed E-state index contributed by atoms with van der Waals surface area (Å²) in [6.45, 7) is 0. The third kappa shape index (κ3) is 7.01. The van der Waals surface area contributed by atoms with E-state index in [1.165, 1.54) is 7.11 Å². The second kappa shape index (κ2) is 10.4. The van der Waals surface area contributed by atoms with Crippen LogP contribution in [0.2, 0.25) is 0 Å². The normalized spacial score (nSPS) is 11.9. The molecule has 0 aliphatic carbocycles. The number of carbonyl (C=O) groups is 2. The predicted molar refractivity (Wildman–Crippen MR) is 123 cm³/mol. The number of carbonyl (C=O) groups excluding carboxylic acids is 2. The average Bonchev–Trinajstić information content (AvgIpc) is 2.66. The van der Waals surface area contributed by atoms with Gasteiger partial charge in [-0.2, -0.15) is 0 Å². The van der Waals surface area contributed by atoms with Crippen molar-refractivity contribution in [2.45, 2.75) is 9.96 Å². The quantitative estimate of drug-likeness (QED) is 0.222. The van der Waals surface area contributed by atoms with E-state index < -0.39 is 21.8 Å². The van der Waals surface area contributed by atoms with E-state index in [1.54, 1.807) is 48.5 Å². The highest BCUT2D eigenvalue weighted by molar-refractivity contribution is 9.10. The molecule has 0 heterocycles. The number of ether oxygens (including phenoxy) is 1. The summed E-state index contributed by atoms with van der Waals surface area (Å²) in [5.41, 5.74) is 1.01. The predicted octanol–water partition coefficient (Wildman–Crippen LogP) is 4.65. The Kier molecular flexibility index (Phi) is 8.54. The number of nitrogens with one attached hydrogen (secondary N) is 3. The van der Waals surface area contributed by atoms with Crippen LogP contribution in [-0.4, -0.2) is 34.1 Å². The number of amides is 1. The van der Waals surface area contributed by atoms with Crippen LogP contribution in [0.15, 0.2) is 53.0 Å². The maximum absolute atomic E-state index is 12.5. The molecule has 0 unspecified atom stereocenters. The number of methoxy groups -OCH3 is 1. The molecule has 0 aliphatic rings. The lowest BCUT2D eigenvalue weighted by molar-refractivity contribution is 0.0601. The molecule has 0 spiro atoms. The zero-order valence-corrected chi connectivity index (χ0v) is 19.5. The van der Waals surface area contributed by atoms with Gasteiger partial charge < -0.3 is 20.7 Å². The van der Waals surface area contributed by atoms with Crippen molar-refractivity contribution in [2.24, 2.45) is 0 Å². The zero-order chi connectivity index (χ0) is 21.6. The average molecular weight is 540 g/mol. The smallest absolute Gasteiger partial charge is 0.339 e. The number of esters is 1. The van der Waals surface area contributed by atoms with Gasteiger partial charge in [0.25, 0.3) is 5.91 Å². The first-order valence-electron chi connectivity index (χ1n) is 8.00. The second-order valence-electron chi connectivity index (χ2n) is 5.59. The Labute approximate surface area is 196 Å². The maximum atomic E-state index is 12.5. The molecule has 0 aromatic heterocycles. The molecule has 3 N–H and O–H groups in total. The SMILES string of the molecule is COC(=O)c1ccccc1NC(=S)N[C@H](NC(=O)c1cccc(Br)c1)C(Cl)(Cl)Cl. The summed E-state index contributed by atoms with van der Waals surface area (Å²) in [6.07, 6.45) is -1.16. The number of hydrogen-bond acceptors (Lipinski definition) is 4. The van der Waals surface area contributed by atoms with Crippen molar-refractivity contribution in [3.63, 3.8) is 0 Å². The number of rotatable bonds is 5. The van der Waals surface area contributed by atoms with Crippen molar-refractivity contribution in [3.05, 3.63) is 64.1 Å². The molecule has 1 amide bonds. The van der Waals surface area contributed by atoms with Crippen molar-refractivity contribution >= 4 is 85.6 Å². The summed E-state index contributed by atoms with van der Waals surface area (Å²) >= 11 is 26.5. The number of benzene rings is 2. The van der Waals surface area contributed by atoms with E-state index in [1.807, 2.05) is 0 Å². The lowest BCUT2D eigenvalue weighted by Crippen LogP contribution is -2.56. The Hall–Kier alpha value is -1.58. The van der Waals surface area contributed by atoms with Gasteiger partial charge >= 0.3 is 5.97 Å². The minimum atomic E-state index is -1.92. The summed E-state index contributed by atoms with van der Waals surface area (Å²) in [6, 6.07) is 13.3. The molecule has 154 valence electrons. The van der Waals surface area contributed by atoms with Crippen LogP contribution in [0.25, 0.3) is 0 Å². The highest BCUT2D eigenvalue weighted by atomic mass is 79.9. The number of alkyl halides is 3. The number of para-hydroxylation sites is 1. The molecule has 29 heavy (non-hydrogen) atoms. The molecule has 1 atom stereocenters. The fraction of sp³-hybridized carbons (Fsp3) is 0.167. The minimum Gasteiger partial charge on any atom is -0.465 e. The van der Waals surface area contributed by atoms with E-state index in [0.29, 0.717) is 11.3 Å². The molecule has 11 heteroatoms. The fourth-order valence-electron chi connectivity index (χ4n) is 2.21. The maximum Gasteiger partial charge on any atom is 0.339 e. The summed E-state index contributed by atoms with van der Waals surface area (Å²) in [5, 5.41) is 8.17. The molecule has 0 saturated heterocycles. The van der Waals surface area contributed by atoms with Gasteiger partial charge in [-0.15, -0.1) is 0 Å². The van der Waals surface area contributed by atoms with E-state index >= 15 is 0 Å². The van der Waals surface area contributed by atoms with Gasteiger partial charge in [-0.05, 0) is 42.5 Å². The van der Waals surface area contributed by atoms with Crippen LogP contribution in [0.3, 0.4) is 0 Å². The van der Waals surface area contributed by atoms with Gasteiger partial charge in [0.15, 0.2) is 5.11 Å². The number of halogens is 4. The van der Waals surface area contributed by atoms with Gasteiger partial charge in [0.1, 0.15) is 6.17 Å². The van der Waals surface area contributed by atoms with Crippen molar-refractivity contribution in [2.75, 3.05) is 12.4 Å². The van der Waals surface area contributed by atoms with E-state index in [0.717, 1.165) is 4.47 Å². The fourth-order valence-corrected chi connectivity index (χ4v) is 3.17. The number of anilines is 1. The van der Waals surface area contributed by atoms with Gasteiger partial charge in [0.05, 0.1) is 18.4 Å². The highest BCUT2D eigenvalue weighted by Gasteiger charge is 2.35. The second-order valence-corrected chi connectivity index (χ2v) is 9.29. The van der Waals surface area contributed by atoms with Crippen LogP contribution in [0.5, 0.6) is 0 Å². The monoisotopic (exact) mass is 537 g/mol. The van der Waals surface area contributed by atoms with Crippen molar-refractivity contribution in [3.8, 4) is 0 Å². The van der Waals surface area contributed by atoms with Gasteiger partial charge in [0.2, 0.25) is 3.79 Å². The lowest BCUT2D eigenvalue weighted by Gasteiger charge is -2.28. The summed E-state index contributed by atoms with van der Waals surface area (Å²) in [4.78, 5) is 24.4. The minimum absolute atomic E-state index is 0.0206. The molecule has 0 aliphatic heterocycles. The topological polar surface area (TPSA) is 79.5 Å². The van der Waals surface area contributed by atoms with Gasteiger partial charge in [-0.1, -0.05) is 68.9 Å². The largest absolute Gasteiger partial charge is 0.465 e. The summed E-state index contributed by atoms with van der Waals surface area (Å²) < 4.78 is 3.54. The molecule has 6 nitrogen and oxygen atoms in total. The van der Waals surface area contributed by atoms with E-state index in [2.05, 4.69) is 31.9 Å². The van der Waals surface area contributed by atoms with Crippen LogP contribution in [-0.2, 0) is 4.74 Å². The van der Waals surface area contributed by atoms with Crippen LogP contribution >= 0.6 is 63.0 Å². The van der Waals surface area contributed by atoms with Gasteiger partial charge in [0, 0.05) is 10.0 Å². The van der Waals surface area contributed by atoms with Crippen LogP contribution in [0.4, 0.5) is 5.69 Å². The van der Waals surface area contributed by atoms with Gasteiger partial charge in [-0.3, -0.25) is 4.79 Å². The Morgan fingerprint density at radius 3 is 2.41 bits per heavy atom. The molecule has 2 aromatic carbocycles. The third-order valence-corrected chi connectivity index (χ3v) is 4.91. The van der Waals surface area contributed by atoms with Crippen molar-refractivity contribution in [1.82, 2.24) is 10.6 Å². The molecule has 0 radical (unpaired) electrons. The third-order valence-electron chi connectivity index (χ3n) is 3.55. The Bertz CT molecular complexity index is 924. The standard InChI is InChI=1S/C18H15BrCl3N3O3S/c1-28-15(27)12-7-2-3-8-13(12)23-17(29)25-16(18(20,21)22)24-14(26)10-5-4-6-11(19)9-10/h2-9,16H,1H3,(H,24,26)(H2,23,25,29)/t16-/m0/s1. The highest BCUT2D eigenvalue weighted by Crippen LogP contribution is 2.29. The Morgan fingerprint density at radius 2 is 1.79 bits per heavy atom. The van der Waals surface area contributed by atoms with Crippen molar-refractivity contribution < 1.29 is 14.3 Å². The first-order valence-corrected chi connectivity index (χ1v) is 10.3. The first kappa shape index (κ1) is 23.7. The lowest BCUT2D eigenvalue weighted by atomic mass is 10.2. The molecule has 0 bridgehead atoms. The van der Waals surface area contributed by atoms with Gasteiger partial charge in [-0.25, -0.2) is 4.79 Å². The molecule has 2 aromatic rings. The van der Waals surface area contributed by atoms with E-state index in [9.17, 15) is 9.59 Å². The van der Waals surface area contributed by atoms with Crippen molar-refractivity contribution in [1.29, 1.82) is 0 Å². The van der Waals surface area contributed by atoms with Crippen LogP contribution in [0, 0.1) is 0 Å². The summed E-state index contributed by atoms with van der Waals surface area (Å²) in [7, 11) is 1.27. The molecule has 2 rings (SSSR count). The summed E-state index contributed by atoms with van der Waals surface area (Å²) in [5.74, 6) is -1.02. The number of hydrogen-bond donors (Lipinski definition) is 3. The number of thiocarbonyl (C=S) groups is 1. The van der Waals surface area contributed by atoms with Crippen LogP contribution in [0.1, 0.15) is 20.7 Å². The first-order chi connectivity index (χ1) is 13.6. The Morgan fingerprint density at radius 1 is 1.10 bits per heavy atom. The molecule has 0 saturated carbocycles. The molecular weight excluding hydrogens is 525 g/mol. The van der Waals surface area contributed by atoms with E-state index in [-0.39, 0.29) is 10.7 Å². The molecule has 0 fully saturated rings. The zero-order valence-electron chi connectivity index (χ0n) is 14.8. The van der Waals surface area contributed by atoms with Crippen LogP contribution < -0.4 is 16.0 Å². The van der Waals surface area contributed by atoms with E-state index in [4.69, 9.17) is 51.8 Å². The Balaban J connectivity index is 2.14.